The summed E-state index contributed by atoms with van der Waals surface area (Å²) in [4.78, 5) is 20.9. The summed E-state index contributed by atoms with van der Waals surface area (Å²) in [5, 5.41) is 9.74. The zero-order chi connectivity index (χ0) is 20.9. The molecule has 0 unspecified atom stereocenters. The van der Waals surface area contributed by atoms with Crippen molar-refractivity contribution in [3.63, 3.8) is 0 Å². The highest BCUT2D eigenvalue weighted by Crippen LogP contribution is 2.29. The van der Waals surface area contributed by atoms with Crippen molar-refractivity contribution in [1.82, 2.24) is 20.2 Å². The zero-order valence-corrected chi connectivity index (χ0v) is 16.7. The topological polar surface area (TPSA) is 102 Å². The van der Waals surface area contributed by atoms with Crippen LogP contribution >= 0.6 is 0 Å². The van der Waals surface area contributed by atoms with E-state index in [1.54, 1.807) is 31.6 Å². The lowest BCUT2D eigenvalue weighted by Gasteiger charge is -2.09. The van der Waals surface area contributed by atoms with Gasteiger partial charge in [0, 0.05) is 30.1 Å². The quantitative estimate of drug-likeness (QED) is 0.485. The molecule has 4 rings (SSSR count). The molecule has 0 aliphatic heterocycles. The summed E-state index contributed by atoms with van der Waals surface area (Å²) in [7, 11) is 1.59. The number of pyridine rings is 2. The van der Waals surface area contributed by atoms with Crippen molar-refractivity contribution < 1.29 is 14.3 Å². The molecule has 1 amide bonds. The number of aromatic nitrogens is 4. The summed E-state index contributed by atoms with van der Waals surface area (Å²) in [6, 6.07) is 12.8. The number of amides is 1. The minimum atomic E-state index is -0.129. The molecule has 0 atom stereocenters. The molecule has 0 saturated carbocycles. The zero-order valence-electron chi connectivity index (χ0n) is 16.7. The molecule has 0 bridgehead atoms. The Kier molecular flexibility index (Phi) is 5.56. The monoisotopic (exact) mass is 403 g/mol. The van der Waals surface area contributed by atoms with Crippen molar-refractivity contribution in [3.05, 3.63) is 66.1 Å². The summed E-state index contributed by atoms with van der Waals surface area (Å²) in [6.45, 7) is 2.02. The summed E-state index contributed by atoms with van der Waals surface area (Å²) < 4.78 is 11.2. The highest BCUT2D eigenvalue weighted by atomic mass is 16.5. The number of nitrogens with zero attached hydrogens (tertiary/aromatic N) is 3. The lowest BCUT2D eigenvalue weighted by Crippen LogP contribution is -2.14. The molecule has 3 aromatic heterocycles. The van der Waals surface area contributed by atoms with Crippen molar-refractivity contribution in [2.45, 2.75) is 19.8 Å². The van der Waals surface area contributed by atoms with E-state index < -0.39 is 0 Å². The largest absolute Gasteiger partial charge is 0.495 e. The van der Waals surface area contributed by atoms with Crippen LogP contribution in [0.5, 0.6) is 17.2 Å². The molecular formula is C22H21N5O3. The minimum Gasteiger partial charge on any atom is -0.495 e. The molecule has 4 aromatic rings. The Morgan fingerprint density at radius 1 is 1.10 bits per heavy atom. The number of carbonyl (C=O) groups is 1. The number of H-pyrrole nitrogens is 1. The van der Waals surface area contributed by atoms with Crippen molar-refractivity contribution in [1.29, 1.82) is 0 Å². The number of nitrogens with one attached hydrogen (secondary N) is 2. The summed E-state index contributed by atoms with van der Waals surface area (Å²) in [5.41, 5.74) is 3.17. The third kappa shape index (κ3) is 4.38. The van der Waals surface area contributed by atoms with E-state index in [4.69, 9.17) is 9.47 Å². The van der Waals surface area contributed by atoms with E-state index in [1.807, 2.05) is 37.3 Å². The van der Waals surface area contributed by atoms with Crippen LogP contribution in [0.1, 0.15) is 18.2 Å². The van der Waals surface area contributed by atoms with Crippen molar-refractivity contribution in [2.24, 2.45) is 0 Å². The minimum absolute atomic E-state index is 0.129. The molecule has 0 fully saturated rings. The third-order valence-electron chi connectivity index (χ3n) is 4.55. The van der Waals surface area contributed by atoms with Gasteiger partial charge in [-0.2, -0.15) is 5.10 Å². The van der Waals surface area contributed by atoms with Crippen molar-refractivity contribution in [3.8, 4) is 17.2 Å². The maximum atomic E-state index is 12.2. The van der Waals surface area contributed by atoms with Gasteiger partial charge in [-0.25, -0.2) is 4.98 Å². The van der Waals surface area contributed by atoms with Crippen LogP contribution in [0.2, 0.25) is 0 Å². The number of rotatable bonds is 7. The van der Waals surface area contributed by atoms with Crippen LogP contribution in [-0.4, -0.2) is 33.2 Å². The molecular weight excluding hydrogens is 382 g/mol. The van der Waals surface area contributed by atoms with Gasteiger partial charge < -0.3 is 14.8 Å². The standard InChI is InChI=1S/C22H21N5O3/c1-3-15-11-20(27-26-15)25-21(28)10-14-4-6-16(7-5-14)30-19-8-9-23-18-12-17(29-2)13-24-22(18)19/h4-9,11-13H,3,10H2,1-2H3,(H2,25,26,27,28). The van der Waals surface area contributed by atoms with Gasteiger partial charge in [0.1, 0.15) is 17.0 Å². The molecule has 1 aromatic carbocycles. The molecule has 0 aliphatic rings. The molecule has 0 radical (unpaired) electrons. The Morgan fingerprint density at radius 3 is 2.67 bits per heavy atom. The molecule has 2 N–H and O–H groups in total. The lowest BCUT2D eigenvalue weighted by molar-refractivity contribution is -0.115. The molecule has 0 aliphatic carbocycles. The van der Waals surface area contributed by atoms with Gasteiger partial charge in [0.2, 0.25) is 5.91 Å². The molecule has 3 heterocycles. The molecule has 0 saturated heterocycles. The van der Waals surface area contributed by atoms with E-state index in [0.717, 1.165) is 17.7 Å². The van der Waals surface area contributed by atoms with Crippen LogP contribution in [0.3, 0.4) is 0 Å². The first-order chi connectivity index (χ1) is 14.6. The number of aromatic amines is 1. The number of benzene rings is 1. The maximum Gasteiger partial charge on any atom is 0.229 e. The number of carbonyl (C=O) groups excluding carboxylic acids is 1. The summed E-state index contributed by atoms with van der Waals surface area (Å²) in [6.07, 6.45) is 4.37. The molecule has 152 valence electrons. The molecule has 30 heavy (non-hydrogen) atoms. The van der Waals surface area contributed by atoms with E-state index in [1.165, 1.54) is 0 Å². The van der Waals surface area contributed by atoms with Crippen LogP contribution in [0.4, 0.5) is 5.82 Å². The molecule has 8 nitrogen and oxygen atoms in total. The highest BCUT2D eigenvalue weighted by molar-refractivity contribution is 5.91. The number of hydrogen-bond donors (Lipinski definition) is 2. The fraction of sp³-hybridized carbons (Fsp3) is 0.182. The van der Waals surface area contributed by atoms with Crippen LogP contribution in [0, 0.1) is 0 Å². The number of aryl methyl sites for hydroxylation is 1. The highest BCUT2D eigenvalue weighted by Gasteiger charge is 2.09. The Balaban J connectivity index is 1.42. The molecule has 8 heteroatoms. The van der Waals surface area contributed by atoms with E-state index in [9.17, 15) is 4.79 Å². The first-order valence-electron chi connectivity index (χ1n) is 9.54. The third-order valence-corrected chi connectivity index (χ3v) is 4.55. The van der Waals surface area contributed by atoms with E-state index in [2.05, 4.69) is 25.5 Å². The predicted molar refractivity (Wildman–Crippen MR) is 113 cm³/mol. The average Bonchev–Trinajstić information content (AvgIpc) is 3.22. The van der Waals surface area contributed by atoms with Crippen LogP contribution in [0.15, 0.2) is 54.9 Å². The van der Waals surface area contributed by atoms with Crippen LogP contribution in [0.25, 0.3) is 11.0 Å². The maximum absolute atomic E-state index is 12.2. The predicted octanol–water partition coefficient (Wildman–Crippen LogP) is 3.90. The van der Waals surface area contributed by atoms with Crippen molar-refractivity contribution in [2.75, 3.05) is 12.4 Å². The fourth-order valence-corrected chi connectivity index (χ4v) is 2.96. The smallest absolute Gasteiger partial charge is 0.229 e. The molecule has 0 spiro atoms. The number of hydrogen-bond acceptors (Lipinski definition) is 6. The number of fused-ring (bicyclic) bond motifs is 1. The normalized spacial score (nSPS) is 10.7. The Labute approximate surface area is 173 Å². The number of methoxy groups -OCH3 is 1. The van der Waals surface area contributed by atoms with Gasteiger partial charge in [-0.1, -0.05) is 19.1 Å². The van der Waals surface area contributed by atoms with Gasteiger partial charge >= 0.3 is 0 Å². The number of ether oxygens (including phenoxy) is 2. The van der Waals surface area contributed by atoms with Gasteiger partial charge in [0.05, 0.1) is 25.2 Å². The van der Waals surface area contributed by atoms with E-state index in [0.29, 0.717) is 34.1 Å². The second kappa shape index (κ2) is 8.60. The lowest BCUT2D eigenvalue weighted by atomic mass is 10.1. The summed E-state index contributed by atoms with van der Waals surface area (Å²) in [5.74, 6) is 2.28. The van der Waals surface area contributed by atoms with Crippen LogP contribution < -0.4 is 14.8 Å². The Morgan fingerprint density at radius 2 is 1.93 bits per heavy atom. The summed E-state index contributed by atoms with van der Waals surface area (Å²) >= 11 is 0. The Bertz CT molecular complexity index is 1170. The number of anilines is 1. The Hall–Kier alpha value is -3.94. The fourth-order valence-electron chi connectivity index (χ4n) is 2.96. The van der Waals surface area contributed by atoms with Gasteiger partial charge in [-0.3, -0.25) is 14.9 Å². The SMILES string of the molecule is CCc1cc(NC(=O)Cc2ccc(Oc3ccnc4cc(OC)cnc34)cc2)n[nH]1. The van der Waals surface area contributed by atoms with E-state index >= 15 is 0 Å². The van der Waals surface area contributed by atoms with E-state index in [-0.39, 0.29) is 12.3 Å². The van der Waals surface area contributed by atoms with Crippen molar-refractivity contribution >= 4 is 22.8 Å². The van der Waals surface area contributed by atoms with Crippen LogP contribution in [-0.2, 0) is 17.6 Å². The second-order valence-electron chi connectivity index (χ2n) is 6.65. The second-order valence-corrected chi connectivity index (χ2v) is 6.65. The first-order valence-corrected chi connectivity index (χ1v) is 9.54. The van der Waals surface area contributed by atoms with Gasteiger partial charge in [-0.05, 0) is 24.1 Å². The van der Waals surface area contributed by atoms with Gasteiger partial charge in [0.15, 0.2) is 11.6 Å². The first kappa shape index (κ1) is 19.4. The van der Waals surface area contributed by atoms with Gasteiger partial charge in [0.25, 0.3) is 0 Å². The average molecular weight is 403 g/mol. The van der Waals surface area contributed by atoms with Gasteiger partial charge in [-0.15, -0.1) is 0 Å².